The third-order valence-corrected chi connectivity index (χ3v) is 4.26. The Kier molecular flexibility index (Phi) is 4.56. The molecule has 0 bridgehead atoms. The van der Waals surface area contributed by atoms with Crippen molar-refractivity contribution in [2.75, 3.05) is 22.9 Å². The lowest BCUT2D eigenvalue weighted by Crippen LogP contribution is -2.11. The molecule has 0 spiro atoms. The van der Waals surface area contributed by atoms with Crippen molar-refractivity contribution in [1.82, 2.24) is 9.97 Å². The monoisotopic (exact) mass is 311 g/mol. The molecule has 0 radical (unpaired) electrons. The molecular formula is C12H17N5OS2. The predicted molar refractivity (Wildman–Crippen MR) is 84.7 cm³/mol. The summed E-state index contributed by atoms with van der Waals surface area (Å²) in [7, 11) is 0. The zero-order chi connectivity index (χ0) is 14.7. The second-order valence-corrected chi connectivity index (χ2v) is 6.61. The van der Waals surface area contributed by atoms with Gasteiger partial charge in [-0.3, -0.25) is 10.1 Å². The quantitative estimate of drug-likeness (QED) is 0.789. The summed E-state index contributed by atoms with van der Waals surface area (Å²) in [5.74, 6) is 0.467. The summed E-state index contributed by atoms with van der Waals surface area (Å²) in [5, 5.41) is 9.00. The molecule has 108 valence electrons. The molecule has 2 rings (SSSR count). The number of aromatic nitrogens is 2. The van der Waals surface area contributed by atoms with Crippen molar-refractivity contribution in [1.29, 1.82) is 0 Å². The lowest BCUT2D eigenvalue weighted by molar-refractivity contribution is 0.103. The van der Waals surface area contributed by atoms with Gasteiger partial charge in [-0.1, -0.05) is 25.2 Å². The van der Waals surface area contributed by atoms with Crippen LogP contribution in [0.4, 0.5) is 16.1 Å². The van der Waals surface area contributed by atoms with Crippen molar-refractivity contribution in [2.24, 2.45) is 5.92 Å². The first-order chi connectivity index (χ1) is 9.45. The highest BCUT2D eigenvalue weighted by Gasteiger charge is 2.17. The van der Waals surface area contributed by atoms with Crippen LogP contribution in [-0.2, 0) is 0 Å². The van der Waals surface area contributed by atoms with Crippen molar-refractivity contribution in [2.45, 2.75) is 20.8 Å². The molecule has 0 aliphatic carbocycles. The summed E-state index contributed by atoms with van der Waals surface area (Å²) in [6.07, 6.45) is 0. The molecule has 6 nitrogen and oxygen atoms in total. The number of anilines is 3. The number of thiazole rings is 2. The van der Waals surface area contributed by atoms with Gasteiger partial charge in [0.25, 0.3) is 5.91 Å². The Labute approximate surface area is 125 Å². The maximum absolute atomic E-state index is 12.1. The number of carbonyl (C=O) groups is 1. The molecule has 0 unspecified atom stereocenters. The van der Waals surface area contributed by atoms with Crippen molar-refractivity contribution in [3.63, 3.8) is 0 Å². The van der Waals surface area contributed by atoms with Gasteiger partial charge in [0.1, 0.15) is 10.7 Å². The number of nitrogens with one attached hydrogen (secondary N) is 2. The molecule has 2 aromatic rings. The fraction of sp³-hybridized carbons (Fsp3) is 0.417. The highest BCUT2D eigenvalue weighted by atomic mass is 32.1. The van der Waals surface area contributed by atoms with E-state index in [1.807, 2.05) is 12.3 Å². The average Bonchev–Trinajstić information content (AvgIpc) is 2.93. The number of rotatable bonds is 5. The van der Waals surface area contributed by atoms with E-state index in [9.17, 15) is 4.79 Å². The average molecular weight is 311 g/mol. The molecule has 1 amide bonds. The first kappa shape index (κ1) is 14.7. The third-order valence-electron chi connectivity index (χ3n) is 2.36. The topological polar surface area (TPSA) is 92.9 Å². The first-order valence-electron chi connectivity index (χ1n) is 6.19. The molecule has 8 heteroatoms. The van der Waals surface area contributed by atoms with E-state index < -0.39 is 0 Å². The number of aryl methyl sites for hydroxylation is 1. The van der Waals surface area contributed by atoms with E-state index in [-0.39, 0.29) is 11.7 Å². The highest BCUT2D eigenvalue weighted by Crippen LogP contribution is 2.26. The SMILES string of the molecule is Cc1csc(NC(=O)c2sc(NCC(C)C)nc2N)n1. The van der Waals surface area contributed by atoms with Crippen LogP contribution in [0.25, 0.3) is 0 Å². The zero-order valence-corrected chi connectivity index (χ0v) is 13.2. The molecule has 0 saturated heterocycles. The summed E-state index contributed by atoms with van der Waals surface area (Å²) < 4.78 is 0. The van der Waals surface area contributed by atoms with Crippen LogP contribution in [0.5, 0.6) is 0 Å². The van der Waals surface area contributed by atoms with Crippen LogP contribution < -0.4 is 16.4 Å². The van der Waals surface area contributed by atoms with Crippen molar-refractivity contribution < 1.29 is 4.79 Å². The molecule has 0 saturated carbocycles. The van der Waals surface area contributed by atoms with Gasteiger partial charge < -0.3 is 11.1 Å². The highest BCUT2D eigenvalue weighted by molar-refractivity contribution is 7.18. The van der Waals surface area contributed by atoms with Gasteiger partial charge in [-0.2, -0.15) is 0 Å². The number of nitrogen functional groups attached to an aromatic ring is 1. The van der Waals surface area contributed by atoms with Gasteiger partial charge >= 0.3 is 0 Å². The lowest BCUT2D eigenvalue weighted by atomic mass is 10.2. The zero-order valence-electron chi connectivity index (χ0n) is 11.6. The van der Waals surface area contributed by atoms with E-state index in [0.717, 1.165) is 12.2 Å². The summed E-state index contributed by atoms with van der Waals surface area (Å²) in [6.45, 7) is 6.87. The Hall–Kier alpha value is -1.67. The lowest BCUT2D eigenvalue weighted by Gasteiger charge is -2.04. The molecular weight excluding hydrogens is 294 g/mol. The Morgan fingerprint density at radius 3 is 2.75 bits per heavy atom. The molecule has 4 N–H and O–H groups in total. The third kappa shape index (κ3) is 3.67. The number of amides is 1. The molecule has 0 aliphatic heterocycles. The van der Waals surface area contributed by atoms with E-state index in [0.29, 0.717) is 21.1 Å². The van der Waals surface area contributed by atoms with Crippen LogP contribution in [0.1, 0.15) is 29.2 Å². The Morgan fingerprint density at radius 2 is 2.15 bits per heavy atom. The normalized spacial score (nSPS) is 10.8. The van der Waals surface area contributed by atoms with Gasteiger partial charge in [0.05, 0.1) is 5.69 Å². The fourth-order valence-corrected chi connectivity index (χ4v) is 2.90. The minimum atomic E-state index is -0.271. The molecule has 0 aromatic carbocycles. The number of carbonyl (C=O) groups excluding carboxylic acids is 1. The van der Waals surface area contributed by atoms with Gasteiger partial charge in [-0.25, -0.2) is 9.97 Å². The number of nitrogens with two attached hydrogens (primary N) is 1. The van der Waals surface area contributed by atoms with Crippen molar-refractivity contribution in [3.05, 3.63) is 16.0 Å². The largest absolute Gasteiger partial charge is 0.382 e. The minimum absolute atomic E-state index is 0.243. The van der Waals surface area contributed by atoms with Gasteiger partial charge in [0.2, 0.25) is 0 Å². The fourth-order valence-electron chi connectivity index (χ4n) is 1.43. The van der Waals surface area contributed by atoms with Crippen LogP contribution in [0, 0.1) is 12.8 Å². The van der Waals surface area contributed by atoms with E-state index >= 15 is 0 Å². The summed E-state index contributed by atoms with van der Waals surface area (Å²) in [5.41, 5.74) is 6.67. The summed E-state index contributed by atoms with van der Waals surface area (Å²) in [6, 6.07) is 0. The van der Waals surface area contributed by atoms with Crippen molar-refractivity contribution in [3.8, 4) is 0 Å². The Bertz CT molecular complexity index is 605. The van der Waals surface area contributed by atoms with Crippen LogP contribution in [0.15, 0.2) is 5.38 Å². The number of hydrogen-bond acceptors (Lipinski definition) is 7. The van der Waals surface area contributed by atoms with Crippen LogP contribution in [0.3, 0.4) is 0 Å². The van der Waals surface area contributed by atoms with Gasteiger partial charge in [0, 0.05) is 11.9 Å². The molecule has 20 heavy (non-hydrogen) atoms. The van der Waals surface area contributed by atoms with E-state index in [2.05, 4.69) is 34.4 Å². The predicted octanol–water partition coefficient (Wildman–Crippen LogP) is 2.81. The van der Waals surface area contributed by atoms with Crippen LogP contribution >= 0.6 is 22.7 Å². The minimum Gasteiger partial charge on any atom is -0.382 e. The van der Waals surface area contributed by atoms with Crippen LogP contribution in [-0.4, -0.2) is 22.4 Å². The molecule has 0 aliphatic rings. The van der Waals surface area contributed by atoms with E-state index in [1.54, 1.807) is 0 Å². The number of nitrogens with zero attached hydrogens (tertiary/aromatic N) is 2. The summed E-state index contributed by atoms with van der Waals surface area (Å²) in [4.78, 5) is 20.9. The molecule has 0 fully saturated rings. The van der Waals surface area contributed by atoms with Gasteiger partial charge in [-0.05, 0) is 12.8 Å². The maximum Gasteiger partial charge on any atom is 0.271 e. The Balaban J connectivity index is 2.06. The smallest absolute Gasteiger partial charge is 0.271 e. The van der Waals surface area contributed by atoms with E-state index in [4.69, 9.17) is 5.73 Å². The van der Waals surface area contributed by atoms with E-state index in [1.165, 1.54) is 22.7 Å². The van der Waals surface area contributed by atoms with Gasteiger partial charge in [-0.15, -0.1) is 11.3 Å². The molecule has 0 atom stereocenters. The molecule has 2 heterocycles. The van der Waals surface area contributed by atoms with Crippen molar-refractivity contribution >= 4 is 44.7 Å². The second kappa shape index (κ2) is 6.19. The first-order valence-corrected chi connectivity index (χ1v) is 7.89. The second-order valence-electron chi connectivity index (χ2n) is 4.76. The summed E-state index contributed by atoms with van der Waals surface area (Å²) >= 11 is 2.64. The maximum atomic E-state index is 12.1. The molecule has 2 aromatic heterocycles. The Morgan fingerprint density at radius 1 is 1.40 bits per heavy atom. The standard InChI is InChI=1S/C12H17N5OS2/c1-6(2)4-14-11-16-9(13)8(20-11)10(18)17-12-15-7(3)5-19-12/h5-6H,4,13H2,1-3H3,(H,14,16)(H,15,17,18). The number of hydrogen-bond donors (Lipinski definition) is 3. The van der Waals surface area contributed by atoms with Gasteiger partial charge in [0.15, 0.2) is 10.3 Å². The van der Waals surface area contributed by atoms with Crippen LogP contribution in [0.2, 0.25) is 0 Å².